The zero-order chi connectivity index (χ0) is 24.5. The molecule has 0 radical (unpaired) electrons. The van der Waals surface area contributed by atoms with E-state index in [0.717, 1.165) is 0 Å². The van der Waals surface area contributed by atoms with Gasteiger partial charge in [-0.1, -0.05) is 144 Å². The minimum atomic E-state index is -1.89. The molecule has 0 bridgehead atoms. The van der Waals surface area contributed by atoms with Gasteiger partial charge in [0.1, 0.15) is 0 Å². The molecule has 0 aliphatic carbocycles. The molecule has 2 atom stereocenters. The molecule has 1 fully saturated rings. The van der Waals surface area contributed by atoms with E-state index in [1.807, 2.05) is 72.8 Å². The third-order valence-electron chi connectivity index (χ3n) is 6.71. The lowest BCUT2D eigenvalue weighted by atomic mass is 9.72. The predicted octanol–water partition coefficient (Wildman–Crippen LogP) is 4.11. The lowest BCUT2D eigenvalue weighted by molar-refractivity contribution is -0.517. The van der Waals surface area contributed by atoms with Crippen molar-refractivity contribution in [3.8, 4) is 0 Å². The summed E-state index contributed by atoms with van der Waals surface area (Å²) in [7, 11) is 0. The average Bonchev–Trinajstić information content (AvgIpc) is 3.26. The molecule has 0 N–H and O–H groups in total. The second-order valence-corrected chi connectivity index (χ2v) is 9.41. The highest BCUT2D eigenvalue weighted by Crippen LogP contribution is 2.48. The second-order valence-electron chi connectivity index (χ2n) is 9.41. The SMILES string of the molecule is CC1(C)O[C@@H](C([O-])(c2ccccc2)c2ccccc2)[C@H](C([O-])(c2ccccc2)c2ccccc2)O1. The third-order valence-corrected chi connectivity index (χ3v) is 6.71. The first kappa shape index (κ1) is 23.5. The van der Waals surface area contributed by atoms with Crippen LogP contribution in [0.3, 0.4) is 0 Å². The predicted molar refractivity (Wildman–Crippen MR) is 131 cm³/mol. The van der Waals surface area contributed by atoms with Crippen molar-refractivity contribution >= 4 is 0 Å². The van der Waals surface area contributed by atoms with Crippen LogP contribution in [0.1, 0.15) is 36.1 Å². The summed E-state index contributed by atoms with van der Waals surface area (Å²) in [5.74, 6) is -1.13. The topological polar surface area (TPSA) is 64.6 Å². The van der Waals surface area contributed by atoms with E-state index >= 15 is 10.2 Å². The lowest BCUT2D eigenvalue weighted by Crippen LogP contribution is -2.64. The van der Waals surface area contributed by atoms with Gasteiger partial charge in [0, 0.05) is 0 Å². The summed E-state index contributed by atoms with van der Waals surface area (Å²) in [6.45, 7) is 3.51. The lowest BCUT2D eigenvalue weighted by Gasteiger charge is -2.54. The van der Waals surface area contributed by atoms with Crippen LogP contribution in [-0.2, 0) is 20.7 Å². The number of hydrogen-bond acceptors (Lipinski definition) is 4. The van der Waals surface area contributed by atoms with Crippen molar-refractivity contribution in [3.05, 3.63) is 144 Å². The normalized spacial score (nSPS) is 20.0. The van der Waals surface area contributed by atoms with E-state index in [2.05, 4.69) is 0 Å². The number of rotatable bonds is 6. The van der Waals surface area contributed by atoms with Gasteiger partial charge in [-0.2, -0.15) is 0 Å². The summed E-state index contributed by atoms with van der Waals surface area (Å²) >= 11 is 0. The molecule has 0 spiro atoms. The van der Waals surface area contributed by atoms with E-state index in [0.29, 0.717) is 22.3 Å². The van der Waals surface area contributed by atoms with Crippen LogP contribution < -0.4 is 10.2 Å². The van der Waals surface area contributed by atoms with E-state index in [1.54, 1.807) is 62.4 Å². The summed E-state index contributed by atoms with van der Waals surface area (Å²) in [6, 6.07) is 36.5. The van der Waals surface area contributed by atoms with Crippen molar-refractivity contribution in [2.75, 3.05) is 0 Å². The molecule has 1 aliphatic rings. The maximum atomic E-state index is 15.2. The average molecular weight is 465 g/mol. The van der Waals surface area contributed by atoms with Gasteiger partial charge < -0.3 is 19.7 Å². The molecule has 0 unspecified atom stereocenters. The molecular weight excluding hydrogens is 436 g/mol. The first-order valence-electron chi connectivity index (χ1n) is 11.8. The summed E-state index contributed by atoms with van der Waals surface area (Å²) in [5, 5.41) is 30.3. The van der Waals surface area contributed by atoms with E-state index in [1.165, 1.54) is 0 Å². The van der Waals surface area contributed by atoms with Crippen molar-refractivity contribution in [2.24, 2.45) is 0 Å². The Kier molecular flexibility index (Phi) is 6.07. The largest absolute Gasteiger partial charge is 0.841 e. The molecule has 4 nitrogen and oxygen atoms in total. The summed E-state index contributed by atoms with van der Waals surface area (Å²) in [5.41, 5.74) is -1.70. The van der Waals surface area contributed by atoms with Gasteiger partial charge >= 0.3 is 0 Å². The number of ether oxygens (including phenoxy) is 2. The molecule has 4 aromatic carbocycles. The summed E-state index contributed by atoms with van der Waals surface area (Å²) in [6.07, 6.45) is -2.22. The third kappa shape index (κ3) is 4.09. The fourth-order valence-corrected chi connectivity index (χ4v) is 5.09. The van der Waals surface area contributed by atoms with Crippen LogP contribution in [-0.4, -0.2) is 18.0 Å². The molecule has 35 heavy (non-hydrogen) atoms. The zero-order valence-corrected chi connectivity index (χ0v) is 19.8. The van der Waals surface area contributed by atoms with Gasteiger partial charge in [0.2, 0.25) is 0 Å². The van der Waals surface area contributed by atoms with Crippen molar-refractivity contribution in [1.82, 2.24) is 0 Å². The minimum Gasteiger partial charge on any atom is -0.841 e. The Balaban J connectivity index is 1.76. The quantitative estimate of drug-likeness (QED) is 0.431. The highest BCUT2D eigenvalue weighted by molar-refractivity contribution is 5.42. The van der Waals surface area contributed by atoms with Gasteiger partial charge in [0.15, 0.2) is 5.79 Å². The molecule has 4 heteroatoms. The molecule has 4 aromatic rings. The Morgan fingerprint density at radius 2 is 0.714 bits per heavy atom. The molecule has 5 rings (SSSR count). The smallest absolute Gasteiger partial charge is 0.163 e. The Hall–Kier alpha value is -3.28. The fraction of sp³-hybridized carbons (Fsp3) is 0.226. The van der Waals surface area contributed by atoms with E-state index < -0.39 is 29.2 Å². The first-order chi connectivity index (χ1) is 16.9. The van der Waals surface area contributed by atoms with Crippen LogP contribution in [0.15, 0.2) is 121 Å². The van der Waals surface area contributed by atoms with Crippen LogP contribution >= 0.6 is 0 Å². The Bertz CT molecular complexity index is 1060. The Morgan fingerprint density at radius 1 is 0.486 bits per heavy atom. The molecule has 1 saturated heterocycles. The summed E-state index contributed by atoms with van der Waals surface area (Å²) in [4.78, 5) is 0. The van der Waals surface area contributed by atoms with Gasteiger partial charge in [-0.05, 0) is 25.0 Å². The van der Waals surface area contributed by atoms with Crippen molar-refractivity contribution in [3.63, 3.8) is 0 Å². The maximum Gasteiger partial charge on any atom is 0.163 e. The standard InChI is InChI=1S/C31H28O4/c1-29(2)34-27(30(32,23-15-7-3-8-16-23)24-17-9-4-10-18-24)28(35-29)31(33,25-19-11-5-12-20-25)26-21-13-6-14-22-26/h3-22,27-28H,1-2H3/q-2/t27-,28-/m1/s1. The molecule has 0 amide bonds. The minimum absolute atomic E-state index is 0.519. The van der Waals surface area contributed by atoms with Gasteiger partial charge in [0.25, 0.3) is 0 Å². The van der Waals surface area contributed by atoms with Crippen LogP contribution in [0.5, 0.6) is 0 Å². The highest BCUT2D eigenvalue weighted by atomic mass is 16.8. The van der Waals surface area contributed by atoms with Gasteiger partial charge in [-0.15, -0.1) is 0 Å². The van der Waals surface area contributed by atoms with E-state index in [9.17, 15) is 0 Å². The van der Waals surface area contributed by atoms with Gasteiger partial charge in [-0.3, -0.25) is 0 Å². The second kappa shape index (κ2) is 9.06. The van der Waals surface area contributed by atoms with Crippen LogP contribution in [0.4, 0.5) is 0 Å². The maximum absolute atomic E-state index is 15.2. The van der Waals surface area contributed by atoms with Crippen molar-refractivity contribution in [2.45, 2.75) is 43.0 Å². The van der Waals surface area contributed by atoms with Crippen molar-refractivity contribution in [1.29, 1.82) is 0 Å². The van der Waals surface area contributed by atoms with Gasteiger partial charge in [-0.25, -0.2) is 0 Å². The van der Waals surface area contributed by atoms with E-state index in [-0.39, 0.29) is 0 Å². The Labute approximate surface area is 206 Å². The van der Waals surface area contributed by atoms with E-state index in [4.69, 9.17) is 9.47 Å². The molecule has 0 saturated carbocycles. The monoisotopic (exact) mass is 464 g/mol. The van der Waals surface area contributed by atoms with Gasteiger partial charge in [0.05, 0.1) is 12.2 Å². The first-order valence-corrected chi connectivity index (χ1v) is 11.8. The molecule has 1 aliphatic heterocycles. The highest BCUT2D eigenvalue weighted by Gasteiger charge is 2.53. The molecular formula is C31H28O4-2. The summed E-state index contributed by atoms with van der Waals surface area (Å²) < 4.78 is 12.8. The zero-order valence-electron chi connectivity index (χ0n) is 19.8. The fourth-order valence-electron chi connectivity index (χ4n) is 5.09. The molecule has 0 aromatic heterocycles. The van der Waals surface area contributed by atoms with Crippen LogP contribution in [0.2, 0.25) is 0 Å². The molecule has 178 valence electrons. The number of hydrogen-bond donors (Lipinski definition) is 0. The number of benzene rings is 4. The Morgan fingerprint density at radius 3 is 0.943 bits per heavy atom. The molecule has 1 heterocycles. The van der Waals surface area contributed by atoms with Crippen molar-refractivity contribution < 1.29 is 19.7 Å². The van der Waals surface area contributed by atoms with Crippen LogP contribution in [0.25, 0.3) is 0 Å². The van der Waals surface area contributed by atoms with Crippen LogP contribution in [0, 0.1) is 0 Å².